The van der Waals surface area contributed by atoms with E-state index in [0.717, 1.165) is 25.9 Å². The third-order valence-electron chi connectivity index (χ3n) is 5.56. The number of aromatic nitrogens is 2. The van der Waals surface area contributed by atoms with Crippen LogP contribution in [-0.4, -0.2) is 52.0 Å². The largest absolute Gasteiger partial charge is 0.303 e. The Hall–Kier alpha value is -1.78. The van der Waals surface area contributed by atoms with E-state index in [1.54, 1.807) is 0 Å². The molecule has 2 aromatic heterocycles. The van der Waals surface area contributed by atoms with Crippen LogP contribution in [0, 0.1) is 0 Å². The summed E-state index contributed by atoms with van der Waals surface area (Å²) >= 11 is 0. The highest BCUT2D eigenvalue weighted by atomic mass is 15.2. The van der Waals surface area contributed by atoms with Crippen molar-refractivity contribution >= 4 is 0 Å². The maximum absolute atomic E-state index is 4.70. The van der Waals surface area contributed by atoms with Gasteiger partial charge in [0, 0.05) is 43.6 Å². The van der Waals surface area contributed by atoms with Crippen LogP contribution in [0.1, 0.15) is 43.6 Å². The second kappa shape index (κ2) is 9.79. The quantitative estimate of drug-likeness (QED) is 0.727. The van der Waals surface area contributed by atoms with Crippen molar-refractivity contribution in [1.29, 1.82) is 0 Å². The van der Waals surface area contributed by atoms with Crippen molar-refractivity contribution in [2.45, 2.75) is 52.1 Å². The second-order valence-electron chi connectivity index (χ2n) is 7.22. The van der Waals surface area contributed by atoms with Gasteiger partial charge in [-0.15, -0.1) is 0 Å². The first-order valence-corrected chi connectivity index (χ1v) is 10.1. The first-order valence-electron chi connectivity index (χ1n) is 10.1. The van der Waals surface area contributed by atoms with E-state index >= 15 is 0 Å². The molecule has 3 heterocycles. The van der Waals surface area contributed by atoms with Crippen LogP contribution in [0.3, 0.4) is 0 Å². The Morgan fingerprint density at radius 3 is 2.50 bits per heavy atom. The van der Waals surface area contributed by atoms with Crippen LogP contribution >= 0.6 is 0 Å². The maximum atomic E-state index is 4.70. The van der Waals surface area contributed by atoms with E-state index in [1.165, 1.54) is 49.4 Å². The molecule has 3 rings (SSSR count). The Morgan fingerprint density at radius 2 is 1.88 bits per heavy atom. The van der Waals surface area contributed by atoms with E-state index in [1.807, 2.05) is 18.5 Å². The Labute approximate surface area is 158 Å². The average Bonchev–Trinajstić information content (AvgIpc) is 2.72. The molecule has 0 amide bonds. The maximum Gasteiger partial charge on any atom is 0.0544 e. The van der Waals surface area contributed by atoms with Gasteiger partial charge in [0.1, 0.15) is 0 Å². The molecule has 0 bridgehead atoms. The van der Waals surface area contributed by atoms with Gasteiger partial charge in [-0.05, 0) is 62.7 Å². The molecule has 4 nitrogen and oxygen atoms in total. The fraction of sp³-hybridized carbons (Fsp3) is 0.545. The summed E-state index contributed by atoms with van der Waals surface area (Å²) in [7, 11) is 0. The van der Waals surface area contributed by atoms with Crippen LogP contribution < -0.4 is 0 Å². The SMILES string of the molecule is CCc1ccc(CN(CCc2ccccn2)C2CCN(CC)CC2)nc1. The first kappa shape index (κ1) is 19.0. The number of rotatable bonds is 8. The minimum absolute atomic E-state index is 0.647. The lowest BCUT2D eigenvalue weighted by Crippen LogP contribution is -2.45. The lowest BCUT2D eigenvalue weighted by Gasteiger charge is -2.38. The molecule has 1 saturated heterocycles. The number of hydrogen-bond donors (Lipinski definition) is 0. The first-order chi connectivity index (χ1) is 12.8. The number of likely N-dealkylation sites (tertiary alicyclic amines) is 1. The molecule has 0 spiro atoms. The Bertz CT molecular complexity index is 633. The summed E-state index contributed by atoms with van der Waals surface area (Å²) in [6.07, 6.45) is 8.48. The molecule has 0 saturated carbocycles. The van der Waals surface area contributed by atoms with Gasteiger partial charge in [-0.1, -0.05) is 26.0 Å². The molecule has 4 heteroatoms. The van der Waals surface area contributed by atoms with Crippen molar-refractivity contribution in [3.63, 3.8) is 0 Å². The Morgan fingerprint density at radius 1 is 1.04 bits per heavy atom. The van der Waals surface area contributed by atoms with Gasteiger partial charge in [0.25, 0.3) is 0 Å². The molecule has 26 heavy (non-hydrogen) atoms. The van der Waals surface area contributed by atoms with Gasteiger partial charge < -0.3 is 4.90 Å². The molecule has 1 aliphatic heterocycles. The summed E-state index contributed by atoms with van der Waals surface area (Å²) in [6, 6.07) is 11.3. The van der Waals surface area contributed by atoms with Crippen LogP contribution in [0.2, 0.25) is 0 Å². The standard InChI is InChI=1S/C22H32N4/c1-3-19-8-9-21(24-17-19)18-26(16-10-20-7-5-6-13-23-20)22-11-14-25(4-2)15-12-22/h5-9,13,17,22H,3-4,10-12,14-16,18H2,1-2H3. The molecular weight excluding hydrogens is 320 g/mol. The van der Waals surface area contributed by atoms with Crippen molar-refractivity contribution in [2.75, 3.05) is 26.2 Å². The molecule has 0 aliphatic carbocycles. The minimum Gasteiger partial charge on any atom is -0.303 e. The van der Waals surface area contributed by atoms with Crippen LogP contribution in [-0.2, 0) is 19.4 Å². The third-order valence-corrected chi connectivity index (χ3v) is 5.56. The van der Waals surface area contributed by atoms with Crippen LogP contribution in [0.25, 0.3) is 0 Å². The number of piperidine rings is 1. The highest BCUT2D eigenvalue weighted by molar-refractivity contribution is 5.14. The molecule has 140 valence electrons. The zero-order valence-electron chi connectivity index (χ0n) is 16.3. The van der Waals surface area contributed by atoms with Crippen LogP contribution in [0.4, 0.5) is 0 Å². The number of aryl methyl sites for hydroxylation is 1. The van der Waals surface area contributed by atoms with E-state index in [0.29, 0.717) is 6.04 Å². The zero-order valence-corrected chi connectivity index (χ0v) is 16.3. The summed E-state index contributed by atoms with van der Waals surface area (Å²) in [4.78, 5) is 14.4. The normalized spacial score (nSPS) is 16.3. The lowest BCUT2D eigenvalue weighted by molar-refractivity contribution is 0.105. The lowest BCUT2D eigenvalue weighted by atomic mass is 10.0. The van der Waals surface area contributed by atoms with E-state index in [-0.39, 0.29) is 0 Å². The minimum atomic E-state index is 0.647. The van der Waals surface area contributed by atoms with Gasteiger partial charge in [-0.2, -0.15) is 0 Å². The predicted octanol–water partition coefficient (Wildman–Crippen LogP) is 3.57. The van der Waals surface area contributed by atoms with E-state index in [9.17, 15) is 0 Å². The molecule has 0 unspecified atom stereocenters. The fourth-order valence-electron chi connectivity index (χ4n) is 3.76. The summed E-state index contributed by atoms with van der Waals surface area (Å²) in [5.41, 5.74) is 3.67. The highest BCUT2D eigenvalue weighted by Crippen LogP contribution is 2.19. The van der Waals surface area contributed by atoms with Crippen molar-refractivity contribution in [3.05, 3.63) is 59.7 Å². The molecular formula is C22H32N4. The molecule has 0 N–H and O–H groups in total. The topological polar surface area (TPSA) is 32.3 Å². The summed E-state index contributed by atoms with van der Waals surface area (Å²) < 4.78 is 0. The molecule has 2 aromatic rings. The number of nitrogens with zero attached hydrogens (tertiary/aromatic N) is 4. The highest BCUT2D eigenvalue weighted by Gasteiger charge is 2.24. The second-order valence-corrected chi connectivity index (χ2v) is 7.22. The van der Waals surface area contributed by atoms with Crippen LogP contribution in [0.15, 0.2) is 42.7 Å². The van der Waals surface area contributed by atoms with Gasteiger partial charge in [0.05, 0.1) is 5.69 Å². The van der Waals surface area contributed by atoms with Gasteiger partial charge in [0.2, 0.25) is 0 Å². The van der Waals surface area contributed by atoms with Crippen molar-refractivity contribution in [3.8, 4) is 0 Å². The van der Waals surface area contributed by atoms with Gasteiger partial charge in [0.15, 0.2) is 0 Å². The Kier molecular flexibility index (Phi) is 7.15. The number of hydrogen-bond acceptors (Lipinski definition) is 4. The van der Waals surface area contributed by atoms with E-state index in [2.05, 4.69) is 52.9 Å². The predicted molar refractivity (Wildman–Crippen MR) is 107 cm³/mol. The molecule has 1 aliphatic rings. The van der Waals surface area contributed by atoms with Gasteiger partial charge >= 0.3 is 0 Å². The van der Waals surface area contributed by atoms with E-state index in [4.69, 9.17) is 4.98 Å². The fourth-order valence-corrected chi connectivity index (χ4v) is 3.76. The zero-order chi connectivity index (χ0) is 18.2. The molecule has 0 aromatic carbocycles. The van der Waals surface area contributed by atoms with Gasteiger partial charge in [-0.3, -0.25) is 14.9 Å². The third kappa shape index (κ3) is 5.36. The summed E-state index contributed by atoms with van der Waals surface area (Å²) in [5, 5.41) is 0. The average molecular weight is 353 g/mol. The summed E-state index contributed by atoms with van der Waals surface area (Å²) in [6.45, 7) is 10.0. The summed E-state index contributed by atoms with van der Waals surface area (Å²) in [5.74, 6) is 0. The van der Waals surface area contributed by atoms with E-state index < -0.39 is 0 Å². The van der Waals surface area contributed by atoms with Crippen molar-refractivity contribution in [2.24, 2.45) is 0 Å². The molecule has 0 atom stereocenters. The molecule has 1 fully saturated rings. The Balaban J connectivity index is 1.65. The van der Waals surface area contributed by atoms with Gasteiger partial charge in [-0.25, -0.2) is 0 Å². The van der Waals surface area contributed by atoms with Crippen LogP contribution in [0.5, 0.6) is 0 Å². The molecule has 0 radical (unpaired) electrons. The van der Waals surface area contributed by atoms with Crippen molar-refractivity contribution < 1.29 is 0 Å². The van der Waals surface area contributed by atoms with Crippen molar-refractivity contribution in [1.82, 2.24) is 19.8 Å². The number of pyridine rings is 2. The monoisotopic (exact) mass is 352 g/mol. The smallest absolute Gasteiger partial charge is 0.0544 e.